The molecule has 3 aromatic rings. The minimum absolute atomic E-state index is 0.124. The second-order valence-electron chi connectivity index (χ2n) is 10.7. The van der Waals surface area contributed by atoms with Crippen LogP contribution in [0.15, 0.2) is 24.3 Å². The van der Waals surface area contributed by atoms with Crippen LogP contribution < -0.4 is 0 Å². The second-order valence-corrected chi connectivity index (χ2v) is 10.7. The summed E-state index contributed by atoms with van der Waals surface area (Å²) in [5, 5.41) is 5.45. The van der Waals surface area contributed by atoms with Crippen molar-refractivity contribution >= 4 is 22.7 Å². The number of ketones is 1. The lowest BCUT2D eigenvalue weighted by atomic mass is 9.88. The lowest BCUT2D eigenvalue weighted by Crippen LogP contribution is -2.40. The number of nitrogens with zero attached hydrogens (tertiary/aromatic N) is 4. The van der Waals surface area contributed by atoms with Gasteiger partial charge in [0.25, 0.3) is 5.91 Å². The highest BCUT2D eigenvalue weighted by molar-refractivity contribution is 6.07. The van der Waals surface area contributed by atoms with Crippen LogP contribution in [0.3, 0.4) is 0 Å². The van der Waals surface area contributed by atoms with Gasteiger partial charge in [-0.1, -0.05) is 13.8 Å². The molecule has 0 spiro atoms. The molecule has 0 radical (unpaired) electrons. The van der Waals surface area contributed by atoms with Gasteiger partial charge in [-0.15, -0.1) is 0 Å². The van der Waals surface area contributed by atoms with Gasteiger partial charge in [0.05, 0.1) is 27.7 Å². The van der Waals surface area contributed by atoms with Crippen LogP contribution in [0, 0.1) is 24.5 Å². The van der Waals surface area contributed by atoms with Crippen LogP contribution in [-0.2, 0) is 5.54 Å². The third-order valence-corrected chi connectivity index (χ3v) is 6.64. The van der Waals surface area contributed by atoms with Crippen LogP contribution in [0.4, 0.5) is 8.78 Å². The van der Waals surface area contributed by atoms with Crippen molar-refractivity contribution in [3.8, 4) is 0 Å². The molecule has 1 aliphatic heterocycles. The van der Waals surface area contributed by atoms with E-state index in [0.29, 0.717) is 37.1 Å². The zero-order chi connectivity index (χ0) is 25.7. The Morgan fingerprint density at radius 2 is 1.71 bits per heavy atom. The minimum atomic E-state index is -0.721. The van der Waals surface area contributed by atoms with E-state index in [2.05, 4.69) is 0 Å². The van der Waals surface area contributed by atoms with Crippen molar-refractivity contribution in [1.82, 2.24) is 19.7 Å². The summed E-state index contributed by atoms with van der Waals surface area (Å²) in [6.45, 7) is 12.8. The molecule has 186 valence electrons. The fourth-order valence-corrected chi connectivity index (χ4v) is 4.66. The Balaban J connectivity index is 1.62. The van der Waals surface area contributed by atoms with Gasteiger partial charge in [0.1, 0.15) is 11.6 Å². The summed E-state index contributed by atoms with van der Waals surface area (Å²) in [6.07, 6.45) is 0.790. The molecule has 0 saturated carbocycles. The van der Waals surface area contributed by atoms with Crippen LogP contribution in [0.25, 0.3) is 11.0 Å². The maximum absolute atomic E-state index is 14.1. The number of pyridine rings is 1. The molecule has 3 heterocycles. The fraction of sp³-hybridized carbons (Fsp3) is 0.481. The maximum atomic E-state index is 14.1. The molecule has 8 heteroatoms. The number of aryl methyl sites for hydroxylation is 1. The summed E-state index contributed by atoms with van der Waals surface area (Å²) >= 11 is 0. The van der Waals surface area contributed by atoms with Gasteiger partial charge < -0.3 is 4.90 Å². The molecule has 1 aliphatic rings. The van der Waals surface area contributed by atoms with Gasteiger partial charge in [-0.05, 0) is 70.7 Å². The summed E-state index contributed by atoms with van der Waals surface area (Å²) < 4.78 is 29.6. The number of likely N-dealkylation sites (tertiary alicyclic amines) is 1. The maximum Gasteiger partial charge on any atom is 0.254 e. The Morgan fingerprint density at radius 1 is 1.06 bits per heavy atom. The molecule has 1 aromatic carbocycles. The van der Waals surface area contributed by atoms with Gasteiger partial charge in [-0.25, -0.2) is 18.4 Å². The average Bonchev–Trinajstić information content (AvgIpc) is 3.16. The van der Waals surface area contributed by atoms with Crippen molar-refractivity contribution in [3.63, 3.8) is 0 Å². The number of amides is 1. The fourth-order valence-electron chi connectivity index (χ4n) is 4.66. The molecule has 1 amide bonds. The summed E-state index contributed by atoms with van der Waals surface area (Å²) in [5.41, 5.74) is 2.28. The van der Waals surface area contributed by atoms with Crippen LogP contribution in [0.5, 0.6) is 0 Å². The number of piperidine rings is 1. The Labute approximate surface area is 204 Å². The predicted molar refractivity (Wildman–Crippen MR) is 131 cm³/mol. The monoisotopic (exact) mass is 482 g/mol. The van der Waals surface area contributed by atoms with E-state index < -0.39 is 23.3 Å². The topological polar surface area (TPSA) is 68.1 Å². The highest BCUT2D eigenvalue weighted by atomic mass is 19.1. The van der Waals surface area contributed by atoms with E-state index in [0.717, 1.165) is 35.0 Å². The smallest absolute Gasteiger partial charge is 0.254 e. The average molecular weight is 483 g/mol. The second kappa shape index (κ2) is 9.13. The number of hydrogen-bond donors (Lipinski definition) is 0. The van der Waals surface area contributed by atoms with Crippen molar-refractivity contribution in [2.24, 2.45) is 5.92 Å². The van der Waals surface area contributed by atoms with Gasteiger partial charge >= 0.3 is 0 Å². The molecule has 0 atom stereocenters. The number of hydrogen-bond acceptors (Lipinski definition) is 4. The highest BCUT2D eigenvalue weighted by Gasteiger charge is 2.32. The van der Waals surface area contributed by atoms with Gasteiger partial charge in [0.2, 0.25) is 0 Å². The number of fused-ring (bicyclic) bond motifs is 1. The first kappa shape index (κ1) is 24.9. The lowest BCUT2D eigenvalue weighted by Gasteiger charge is -2.31. The molecule has 35 heavy (non-hydrogen) atoms. The van der Waals surface area contributed by atoms with Crippen molar-refractivity contribution in [2.45, 2.75) is 65.8 Å². The third kappa shape index (κ3) is 4.70. The first-order valence-electron chi connectivity index (χ1n) is 12.1. The first-order valence-corrected chi connectivity index (χ1v) is 12.1. The number of halogens is 2. The SMILES string of the molecule is Cc1nn(C(C)(C)C)c2nc(C(C)C)cc(C(=O)N3CCC(C(=O)c4cc(F)ccc4F)CC3)c12. The van der Waals surface area contributed by atoms with E-state index in [-0.39, 0.29) is 22.9 Å². The molecule has 4 rings (SSSR count). The molecule has 0 unspecified atom stereocenters. The largest absolute Gasteiger partial charge is 0.339 e. The zero-order valence-corrected chi connectivity index (χ0v) is 21.2. The van der Waals surface area contributed by atoms with E-state index in [1.807, 2.05) is 52.3 Å². The first-order chi connectivity index (χ1) is 16.4. The van der Waals surface area contributed by atoms with Gasteiger partial charge in [-0.3, -0.25) is 9.59 Å². The number of carbonyl (C=O) groups excluding carboxylic acids is 2. The Hall–Kier alpha value is -3.16. The van der Waals surface area contributed by atoms with E-state index in [9.17, 15) is 18.4 Å². The van der Waals surface area contributed by atoms with Crippen LogP contribution >= 0.6 is 0 Å². The number of carbonyl (C=O) groups is 2. The molecule has 2 aromatic heterocycles. The van der Waals surface area contributed by atoms with Gasteiger partial charge in [0, 0.05) is 24.7 Å². The zero-order valence-electron chi connectivity index (χ0n) is 21.2. The van der Waals surface area contributed by atoms with E-state index in [1.165, 1.54) is 0 Å². The molecule has 0 bridgehead atoms. The quantitative estimate of drug-likeness (QED) is 0.452. The van der Waals surface area contributed by atoms with E-state index in [1.54, 1.807) is 4.90 Å². The normalized spacial score (nSPS) is 15.3. The number of aromatic nitrogens is 3. The number of Topliss-reactive ketones (excluding diaryl/α,β-unsaturated/α-hetero) is 1. The highest BCUT2D eigenvalue weighted by Crippen LogP contribution is 2.31. The Morgan fingerprint density at radius 3 is 2.31 bits per heavy atom. The van der Waals surface area contributed by atoms with E-state index >= 15 is 0 Å². The number of benzene rings is 1. The van der Waals surface area contributed by atoms with Crippen molar-refractivity contribution in [1.29, 1.82) is 0 Å². The Bertz CT molecular complexity index is 1300. The molecule has 1 fully saturated rings. The number of rotatable bonds is 4. The molecule has 0 aliphatic carbocycles. The van der Waals surface area contributed by atoms with E-state index in [4.69, 9.17) is 10.1 Å². The van der Waals surface area contributed by atoms with Gasteiger partial charge in [-0.2, -0.15) is 5.10 Å². The molecule has 6 nitrogen and oxygen atoms in total. The van der Waals surface area contributed by atoms with Crippen molar-refractivity contribution < 1.29 is 18.4 Å². The summed E-state index contributed by atoms with van der Waals surface area (Å²) in [4.78, 5) is 33.1. The Kier molecular flexibility index (Phi) is 6.51. The molecular weight excluding hydrogens is 450 g/mol. The van der Waals surface area contributed by atoms with Crippen molar-refractivity contribution in [3.05, 3.63) is 58.4 Å². The minimum Gasteiger partial charge on any atom is -0.339 e. The summed E-state index contributed by atoms with van der Waals surface area (Å²) in [7, 11) is 0. The van der Waals surface area contributed by atoms with Crippen molar-refractivity contribution in [2.75, 3.05) is 13.1 Å². The van der Waals surface area contributed by atoms with Gasteiger partial charge in [0.15, 0.2) is 11.4 Å². The van der Waals surface area contributed by atoms with Crippen LogP contribution in [0.2, 0.25) is 0 Å². The molecular formula is C27H32F2N4O2. The molecule has 0 N–H and O–H groups in total. The van der Waals surface area contributed by atoms with Crippen LogP contribution in [-0.4, -0.2) is 44.4 Å². The van der Waals surface area contributed by atoms with Crippen LogP contribution in [0.1, 0.15) is 85.5 Å². The standard InChI is InChI=1S/C27H32F2N4O2/c1-15(2)22-14-20(23-16(3)31-33(25(23)30-22)27(4,5)6)26(35)32-11-9-17(10-12-32)24(34)19-13-18(28)7-8-21(19)29/h7-8,13-15,17H,9-12H2,1-6H3. The summed E-state index contributed by atoms with van der Waals surface area (Å²) in [6, 6.07) is 4.78. The predicted octanol–water partition coefficient (Wildman–Crippen LogP) is 5.63. The molecule has 1 saturated heterocycles. The lowest BCUT2D eigenvalue weighted by molar-refractivity contribution is 0.0650. The third-order valence-electron chi connectivity index (χ3n) is 6.64. The summed E-state index contributed by atoms with van der Waals surface area (Å²) in [5.74, 6) is -2.23.